The van der Waals surface area contributed by atoms with Crippen LogP contribution in [0, 0.1) is 0 Å². The molecule has 0 saturated heterocycles. The molecule has 0 spiro atoms. The minimum Gasteiger partial charge on any atom is -0.493 e. The predicted molar refractivity (Wildman–Crippen MR) is 88.2 cm³/mol. The Morgan fingerprint density at radius 3 is 2.95 bits per heavy atom. The third-order valence-electron chi connectivity index (χ3n) is 3.72. The van der Waals surface area contributed by atoms with Crippen molar-refractivity contribution in [3.8, 4) is 5.75 Å². The number of nitrogens with zero attached hydrogens (tertiary/aromatic N) is 1. The minimum absolute atomic E-state index is 0.455. The zero-order valence-corrected chi connectivity index (χ0v) is 13.2. The second-order valence-corrected chi connectivity index (χ2v) is 5.37. The summed E-state index contributed by atoms with van der Waals surface area (Å²) in [5.41, 5.74) is 1.29. The van der Waals surface area contributed by atoms with Crippen LogP contribution < -0.4 is 15.4 Å². The Morgan fingerprint density at radius 2 is 2.14 bits per heavy atom. The molecule has 1 aromatic rings. The molecule has 0 bridgehead atoms. The summed E-state index contributed by atoms with van der Waals surface area (Å²) < 4.78 is 5.71. The van der Waals surface area contributed by atoms with Crippen LogP contribution in [0.1, 0.15) is 44.6 Å². The van der Waals surface area contributed by atoms with E-state index in [-0.39, 0.29) is 0 Å². The molecule has 2 rings (SSSR count). The van der Waals surface area contributed by atoms with E-state index in [0.717, 1.165) is 44.4 Å². The maximum absolute atomic E-state index is 5.71. The third kappa shape index (κ3) is 4.66. The van der Waals surface area contributed by atoms with Crippen LogP contribution in [0.3, 0.4) is 0 Å². The number of unbranched alkanes of at least 4 members (excludes halogenated alkanes) is 1. The fourth-order valence-corrected chi connectivity index (χ4v) is 2.53. The van der Waals surface area contributed by atoms with Gasteiger partial charge in [-0.3, -0.25) is 4.99 Å². The molecule has 1 atom stereocenters. The molecule has 0 saturated carbocycles. The number of hydrogen-bond donors (Lipinski definition) is 2. The van der Waals surface area contributed by atoms with Crippen LogP contribution in [0.25, 0.3) is 0 Å². The lowest BCUT2D eigenvalue weighted by atomic mass is 9.93. The van der Waals surface area contributed by atoms with Crippen LogP contribution in [0.5, 0.6) is 5.75 Å². The van der Waals surface area contributed by atoms with Gasteiger partial charge in [-0.2, -0.15) is 0 Å². The average Bonchev–Trinajstić information content (AvgIpc) is 2.53. The van der Waals surface area contributed by atoms with Crippen molar-refractivity contribution in [1.82, 2.24) is 10.6 Å². The smallest absolute Gasteiger partial charge is 0.191 e. The molecule has 1 aliphatic rings. The van der Waals surface area contributed by atoms with Crippen molar-refractivity contribution in [2.45, 2.75) is 39.0 Å². The molecule has 1 aromatic carbocycles. The molecule has 0 radical (unpaired) electrons. The normalized spacial score (nSPS) is 17.8. The van der Waals surface area contributed by atoms with Crippen molar-refractivity contribution in [2.24, 2.45) is 4.99 Å². The van der Waals surface area contributed by atoms with E-state index in [4.69, 9.17) is 9.73 Å². The molecule has 1 heterocycles. The highest BCUT2D eigenvalue weighted by Gasteiger charge is 2.20. The summed E-state index contributed by atoms with van der Waals surface area (Å²) in [7, 11) is 0. The fraction of sp³-hybridized carbons (Fsp3) is 0.588. The van der Waals surface area contributed by atoms with E-state index >= 15 is 0 Å². The highest BCUT2D eigenvalue weighted by atomic mass is 16.5. The van der Waals surface area contributed by atoms with Crippen molar-refractivity contribution in [3.05, 3.63) is 29.8 Å². The van der Waals surface area contributed by atoms with Gasteiger partial charge < -0.3 is 15.4 Å². The number of para-hydroxylation sites is 1. The van der Waals surface area contributed by atoms with E-state index in [0.29, 0.717) is 5.92 Å². The lowest BCUT2D eigenvalue weighted by Crippen LogP contribution is -2.38. The van der Waals surface area contributed by atoms with Gasteiger partial charge in [-0.05, 0) is 31.4 Å². The molecule has 116 valence electrons. The van der Waals surface area contributed by atoms with Crippen LogP contribution in [0.2, 0.25) is 0 Å². The third-order valence-corrected chi connectivity index (χ3v) is 3.72. The Labute approximate surface area is 128 Å². The molecule has 0 aromatic heterocycles. The number of ether oxygens (including phenoxy) is 1. The number of hydrogen-bond acceptors (Lipinski definition) is 2. The van der Waals surface area contributed by atoms with Gasteiger partial charge in [-0.15, -0.1) is 0 Å². The SMILES string of the molecule is CCCCNC(=NCC1CCOc2ccccc21)NCC. The first kappa shape index (κ1) is 15.7. The first-order valence-corrected chi connectivity index (χ1v) is 8.09. The van der Waals surface area contributed by atoms with Gasteiger partial charge in [0.1, 0.15) is 5.75 Å². The van der Waals surface area contributed by atoms with Crippen LogP contribution in [-0.4, -0.2) is 32.2 Å². The van der Waals surface area contributed by atoms with E-state index in [2.05, 4.69) is 42.7 Å². The monoisotopic (exact) mass is 289 g/mol. The summed E-state index contributed by atoms with van der Waals surface area (Å²) in [6, 6.07) is 8.32. The number of guanidine groups is 1. The second-order valence-electron chi connectivity index (χ2n) is 5.37. The summed E-state index contributed by atoms with van der Waals surface area (Å²) in [5.74, 6) is 2.40. The molecule has 0 fully saturated rings. The molecule has 0 amide bonds. The van der Waals surface area contributed by atoms with Crippen LogP contribution in [-0.2, 0) is 0 Å². The van der Waals surface area contributed by atoms with Gasteiger partial charge in [0, 0.05) is 25.6 Å². The zero-order valence-electron chi connectivity index (χ0n) is 13.2. The number of benzene rings is 1. The van der Waals surface area contributed by atoms with Crippen molar-refractivity contribution >= 4 is 5.96 Å². The Kier molecular flexibility index (Phi) is 6.38. The molecule has 1 unspecified atom stereocenters. The molecule has 1 aliphatic heterocycles. The van der Waals surface area contributed by atoms with Crippen LogP contribution in [0.15, 0.2) is 29.3 Å². The van der Waals surface area contributed by atoms with E-state index in [1.165, 1.54) is 18.4 Å². The van der Waals surface area contributed by atoms with Crippen molar-refractivity contribution in [1.29, 1.82) is 0 Å². The molecule has 0 aliphatic carbocycles. The lowest BCUT2D eigenvalue weighted by molar-refractivity contribution is 0.269. The largest absolute Gasteiger partial charge is 0.493 e. The van der Waals surface area contributed by atoms with Gasteiger partial charge in [-0.1, -0.05) is 31.5 Å². The highest BCUT2D eigenvalue weighted by molar-refractivity contribution is 5.79. The maximum Gasteiger partial charge on any atom is 0.191 e. The Bertz CT molecular complexity index is 459. The number of fused-ring (bicyclic) bond motifs is 1. The predicted octanol–water partition coefficient (Wildman–Crippen LogP) is 2.91. The number of rotatable bonds is 6. The van der Waals surface area contributed by atoms with Gasteiger partial charge in [0.25, 0.3) is 0 Å². The molecular weight excluding hydrogens is 262 g/mol. The Hall–Kier alpha value is -1.71. The van der Waals surface area contributed by atoms with Crippen molar-refractivity contribution in [3.63, 3.8) is 0 Å². The molecular formula is C17H27N3O. The molecule has 2 N–H and O–H groups in total. The topological polar surface area (TPSA) is 45.7 Å². The lowest BCUT2D eigenvalue weighted by Gasteiger charge is -2.25. The van der Waals surface area contributed by atoms with Gasteiger partial charge in [0.15, 0.2) is 5.96 Å². The summed E-state index contributed by atoms with van der Waals surface area (Å²) >= 11 is 0. The van der Waals surface area contributed by atoms with E-state index in [1.807, 2.05) is 6.07 Å². The maximum atomic E-state index is 5.71. The van der Waals surface area contributed by atoms with E-state index in [1.54, 1.807) is 0 Å². The molecule has 21 heavy (non-hydrogen) atoms. The van der Waals surface area contributed by atoms with Gasteiger partial charge in [0.05, 0.1) is 6.61 Å². The Balaban J connectivity index is 1.97. The van der Waals surface area contributed by atoms with Crippen molar-refractivity contribution < 1.29 is 4.74 Å². The minimum atomic E-state index is 0.455. The van der Waals surface area contributed by atoms with Crippen LogP contribution in [0.4, 0.5) is 0 Å². The van der Waals surface area contributed by atoms with Gasteiger partial charge >= 0.3 is 0 Å². The average molecular weight is 289 g/mol. The van der Waals surface area contributed by atoms with E-state index < -0.39 is 0 Å². The fourth-order valence-electron chi connectivity index (χ4n) is 2.53. The molecule has 4 nitrogen and oxygen atoms in total. The summed E-state index contributed by atoms with van der Waals surface area (Å²) in [5, 5.41) is 6.71. The van der Waals surface area contributed by atoms with Crippen LogP contribution >= 0.6 is 0 Å². The van der Waals surface area contributed by atoms with Crippen molar-refractivity contribution in [2.75, 3.05) is 26.2 Å². The van der Waals surface area contributed by atoms with Gasteiger partial charge in [-0.25, -0.2) is 0 Å². The first-order valence-electron chi connectivity index (χ1n) is 8.09. The first-order chi connectivity index (χ1) is 10.3. The number of nitrogens with one attached hydrogen (secondary N) is 2. The second kappa shape index (κ2) is 8.55. The quantitative estimate of drug-likeness (QED) is 0.481. The number of aliphatic imine (C=N–C) groups is 1. The van der Waals surface area contributed by atoms with Gasteiger partial charge in [0.2, 0.25) is 0 Å². The zero-order chi connectivity index (χ0) is 14.9. The molecule has 4 heteroatoms. The Morgan fingerprint density at radius 1 is 1.29 bits per heavy atom. The summed E-state index contributed by atoms with van der Waals surface area (Å²) in [4.78, 5) is 4.75. The highest BCUT2D eigenvalue weighted by Crippen LogP contribution is 2.33. The summed E-state index contributed by atoms with van der Waals surface area (Å²) in [6.45, 7) is 7.76. The van der Waals surface area contributed by atoms with E-state index in [9.17, 15) is 0 Å². The summed E-state index contributed by atoms with van der Waals surface area (Å²) in [6.07, 6.45) is 3.40. The standard InChI is InChI=1S/C17H27N3O/c1-3-5-11-19-17(18-4-2)20-13-14-10-12-21-16-9-7-6-8-15(14)16/h6-9,14H,3-5,10-13H2,1-2H3,(H2,18,19,20).